The number of fused-ring (bicyclic) bond motifs is 3. The minimum absolute atomic E-state index is 0. The van der Waals surface area contributed by atoms with Gasteiger partial charge in [0.05, 0.1) is 0 Å². The second-order valence-corrected chi connectivity index (χ2v) is 6.86. The number of guanidine groups is 1. The van der Waals surface area contributed by atoms with Gasteiger partial charge in [0.15, 0.2) is 5.96 Å². The molecule has 3 atom stereocenters. The Kier molecular flexibility index (Phi) is 4.95. The second-order valence-electron chi connectivity index (χ2n) is 6.86. The molecule has 1 saturated carbocycles. The third-order valence-electron chi connectivity index (χ3n) is 5.60. The van der Waals surface area contributed by atoms with Crippen LogP contribution < -0.4 is 5.73 Å². The molecule has 0 spiro atoms. The van der Waals surface area contributed by atoms with Gasteiger partial charge in [-0.3, -0.25) is 4.99 Å². The molecule has 2 N–H and O–H groups in total. The van der Waals surface area contributed by atoms with E-state index < -0.39 is 0 Å². The Hall–Kier alpha value is -0.780. The highest BCUT2D eigenvalue weighted by molar-refractivity contribution is 14.0. The van der Waals surface area contributed by atoms with Crippen molar-refractivity contribution in [2.75, 3.05) is 19.6 Å². The quantitative estimate of drug-likeness (QED) is 0.461. The molecule has 1 heterocycles. The number of nitrogens with zero attached hydrogens (tertiary/aromatic N) is 2. The monoisotopic (exact) mass is 411 g/mol. The molecule has 0 aromatic heterocycles. The first-order valence-corrected chi connectivity index (χ1v) is 8.47. The molecule has 120 valence electrons. The number of rotatable bonds is 2. The molecular formula is C18H26IN3. The van der Waals surface area contributed by atoms with E-state index in [1.54, 1.807) is 11.1 Å². The molecule has 1 aromatic carbocycles. The molecule has 3 aliphatic rings. The average Bonchev–Trinajstić information content (AvgIpc) is 3.15. The molecule has 0 radical (unpaired) electrons. The molecule has 1 aromatic rings. The fraction of sp³-hybridized carbons (Fsp3) is 0.611. The van der Waals surface area contributed by atoms with Crippen LogP contribution in [0.5, 0.6) is 0 Å². The topological polar surface area (TPSA) is 41.6 Å². The van der Waals surface area contributed by atoms with E-state index in [2.05, 4.69) is 29.2 Å². The van der Waals surface area contributed by atoms with Gasteiger partial charge in [-0.25, -0.2) is 0 Å². The van der Waals surface area contributed by atoms with Crippen molar-refractivity contribution < 1.29 is 0 Å². The molecule has 0 bridgehead atoms. The smallest absolute Gasteiger partial charge is 0.191 e. The number of likely N-dealkylation sites (tertiary alicyclic amines) is 1. The maximum atomic E-state index is 6.21. The van der Waals surface area contributed by atoms with Crippen LogP contribution in [0.4, 0.5) is 0 Å². The summed E-state index contributed by atoms with van der Waals surface area (Å²) >= 11 is 0. The lowest BCUT2D eigenvalue weighted by Crippen LogP contribution is -2.38. The van der Waals surface area contributed by atoms with Crippen LogP contribution in [0.1, 0.15) is 42.7 Å². The van der Waals surface area contributed by atoms with Crippen molar-refractivity contribution in [3.05, 3.63) is 35.4 Å². The first kappa shape index (κ1) is 16.1. The second kappa shape index (κ2) is 6.77. The SMILES string of the molecule is I.NC(=NCC1C2Cc3ccccc3C12)N1CCCCCC1. The summed E-state index contributed by atoms with van der Waals surface area (Å²) in [4.78, 5) is 7.02. The van der Waals surface area contributed by atoms with Crippen LogP contribution in [-0.2, 0) is 6.42 Å². The third kappa shape index (κ3) is 2.99. The van der Waals surface area contributed by atoms with Gasteiger partial charge in [0.25, 0.3) is 0 Å². The summed E-state index contributed by atoms with van der Waals surface area (Å²) in [5, 5.41) is 0. The standard InChI is InChI=1S/C18H25N3.HI/c19-18(21-9-5-1-2-6-10-21)20-12-16-15-11-13-7-3-4-8-14(13)17(15)16;/h3-4,7-8,15-17H,1-2,5-6,9-12H2,(H2,19,20);1H. The molecule has 1 saturated heterocycles. The van der Waals surface area contributed by atoms with Gasteiger partial charge >= 0.3 is 0 Å². The number of halogens is 1. The van der Waals surface area contributed by atoms with Crippen molar-refractivity contribution in [1.29, 1.82) is 0 Å². The Balaban J connectivity index is 0.00000144. The van der Waals surface area contributed by atoms with Gasteiger partial charge in [0.1, 0.15) is 0 Å². The molecule has 4 rings (SSSR count). The molecule has 3 unspecified atom stereocenters. The lowest BCUT2D eigenvalue weighted by atomic mass is 10.0. The summed E-state index contributed by atoms with van der Waals surface area (Å²) in [6.45, 7) is 3.11. The number of nitrogens with two attached hydrogens (primary N) is 1. The number of hydrogen-bond donors (Lipinski definition) is 1. The summed E-state index contributed by atoms with van der Waals surface area (Å²) in [5.41, 5.74) is 9.36. The maximum Gasteiger partial charge on any atom is 0.191 e. The Labute approximate surface area is 150 Å². The van der Waals surface area contributed by atoms with E-state index in [1.807, 2.05) is 0 Å². The van der Waals surface area contributed by atoms with E-state index in [0.29, 0.717) is 0 Å². The van der Waals surface area contributed by atoms with Crippen molar-refractivity contribution >= 4 is 29.9 Å². The molecule has 4 heteroatoms. The summed E-state index contributed by atoms with van der Waals surface area (Å²) in [5.74, 6) is 3.13. The average molecular weight is 411 g/mol. The predicted octanol–water partition coefficient (Wildman–Crippen LogP) is 3.38. The van der Waals surface area contributed by atoms with Crippen molar-refractivity contribution in [2.24, 2.45) is 22.6 Å². The van der Waals surface area contributed by atoms with Crippen molar-refractivity contribution in [3.8, 4) is 0 Å². The van der Waals surface area contributed by atoms with Gasteiger partial charge in [-0.15, -0.1) is 24.0 Å². The van der Waals surface area contributed by atoms with Gasteiger partial charge < -0.3 is 10.6 Å². The van der Waals surface area contributed by atoms with Crippen molar-refractivity contribution in [2.45, 2.75) is 38.0 Å². The zero-order valence-corrected chi connectivity index (χ0v) is 15.4. The zero-order valence-electron chi connectivity index (χ0n) is 13.1. The van der Waals surface area contributed by atoms with Gasteiger partial charge in [-0.2, -0.15) is 0 Å². The fourth-order valence-electron chi connectivity index (χ4n) is 4.33. The Bertz CT molecular complexity index is 549. The highest BCUT2D eigenvalue weighted by Gasteiger charge is 2.54. The van der Waals surface area contributed by atoms with Crippen LogP contribution >= 0.6 is 24.0 Å². The largest absolute Gasteiger partial charge is 0.370 e. The van der Waals surface area contributed by atoms with E-state index in [9.17, 15) is 0 Å². The van der Waals surface area contributed by atoms with E-state index in [4.69, 9.17) is 10.7 Å². The fourth-order valence-corrected chi connectivity index (χ4v) is 4.33. The minimum atomic E-state index is 0. The van der Waals surface area contributed by atoms with Gasteiger partial charge in [0, 0.05) is 19.6 Å². The van der Waals surface area contributed by atoms with Crippen LogP contribution in [-0.4, -0.2) is 30.5 Å². The normalized spacial score (nSPS) is 30.1. The molecular weight excluding hydrogens is 385 g/mol. The third-order valence-corrected chi connectivity index (χ3v) is 5.60. The molecule has 2 aliphatic carbocycles. The molecule has 0 amide bonds. The Morgan fingerprint density at radius 2 is 1.86 bits per heavy atom. The van der Waals surface area contributed by atoms with E-state index in [0.717, 1.165) is 43.3 Å². The zero-order chi connectivity index (χ0) is 14.2. The summed E-state index contributed by atoms with van der Waals surface area (Å²) in [6, 6.07) is 8.93. The van der Waals surface area contributed by atoms with E-state index in [1.165, 1.54) is 32.1 Å². The van der Waals surface area contributed by atoms with Crippen molar-refractivity contribution in [3.63, 3.8) is 0 Å². The van der Waals surface area contributed by atoms with E-state index in [-0.39, 0.29) is 24.0 Å². The van der Waals surface area contributed by atoms with Gasteiger partial charge in [-0.05, 0) is 48.1 Å². The number of hydrogen-bond acceptors (Lipinski definition) is 1. The van der Waals surface area contributed by atoms with Crippen LogP contribution in [0, 0.1) is 11.8 Å². The van der Waals surface area contributed by atoms with Crippen LogP contribution in [0.15, 0.2) is 29.3 Å². The van der Waals surface area contributed by atoms with Gasteiger partial charge in [0.2, 0.25) is 0 Å². The number of benzene rings is 1. The number of aliphatic imine (C=N–C) groups is 1. The molecule has 22 heavy (non-hydrogen) atoms. The van der Waals surface area contributed by atoms with Crippen molar-refractivity contribution in [1.82, 2.24) is 4.90 Å². The van der Waals surface area contributed by atoms with Gasteiger partial charge in [-0.1, -0.05) is 37.1 Å². The maximum absolute atomic E-state index is 6.21. The minimum Gasteiger partial charge on any atom is -0.370 e. The molecule has 2 fully saturated rings. The van der Waals surface area contributed by atoms with Crippen LogP contribution in [0.25, 0.3) is 0 Å². The first-order valence-electron chi connectivity index (χ1n) is 8.47. The van der Waals surface area contributed by atoms with E-state index >= 15 is 0 Å². The lowest BCUT2D eigenvalue weighted by Gasteiger charge is -2.21. The highest BCUT2D eigenvalue weighted by Crippen LogP contribution is 2.61. The predicted molar refractivity (Wildman–Crippen MR) is 102 cm³/mol. The summed E-state index contributed by atoms with van der Waals surface area (Å²) in [7, 11) is 0. The Morgan fingerprint density at radius 3 is 2.64 bits per heavy atom. The summed E-state index contributed by atoms with van der Waals surface area (Å²) < 4.78 is 0. The molecule has 1 aliphatic heterocycles. The Morgan fingerprint density at radius 1 is 1.14 bits per heavy atom. The van der Waals surface area contributed by atoms with Crippen LogP contribution in [0.2, 0.25) is 0 Å². The van der Waals surface area contributed by atoms with Crippen LogP contribution in [0.3, 0.4) is 0 Å². The highest BCUT2D eigenvalue weighted by atomic mass is 127. The molecule has 3 nitrogen and oxygen atoms in total. The summed E-state index contributed by atoms with van der Waals surface area (Å²) in [6.07, 6.45) is 6.46. The lowest BCUT2D eigenvalue weighted by molar-refractivity contribution is 0.427. The first-order chi connectivity index (χ1) is 10.3.